The molecule has 0 aliphatic heterocycles. The Bertz CT molecular complexity index is 530. The third-order valence-electron chi connectivity index (χ3n) is 3.84. The van der Waals surface area contributed by atoms with Crippen LogP contribution in [0.2, 0.25) is 0 Å². The Morgan fingerprint density at radius 1 is 1.15 bits per heavy atom. The summed E-state index contributed by atoms with van der Waals surface area (Å²) in [6.07, 6.45) is 3.82. The predicted octanol–water partition coefficient (Wildman–Crippen LogP) is 4.57. The van der Waals surface area contributed by atoms with Crippen LogP contribution < -0.4 is 5.32 Å². The second kappa shape index (κ2) is 6.76. The predicted molar refractivity (Wildman–Crippen MR) is 84.0 cm³/mol. The zero-order chi connectivity index (χ0) is 14.5. The van der Waals surface area contributed by atoms with Crippen LogP contribution in [0.15, 0.2) is 41.0 Å². The number of rotatable bonds is 6. The first-order valence-corrected chi connectivity index (χ1v) is 7.42. The van der Waals surface area contributed by atoms with Crippen molar-refractivity contribution < 1.29 is 4.42 Å². The fraction of sp³-hybridized carbons (Fsp3) is 0.444. The van der Waals surface area contributed by atoms with E-state index in [1.807, 2.05) is 12.1 Å². The quantitative estimate of drug-likeness (QED) is 0.832. The molecular weight excluding hydrogens is 246 g/mol. The molecule has 1 N–H and O–H groups in total. The largest absolute Gasteiger partial charge is 0.469 e. The van der Waals surface area contributed by atoms with Crippen molar-refractivity contribution in [3.8, 4) is 0 Å². The van der Waals surface area contributed by atoms with Crippen molar-refractivity contribution >= 4 is 0 Å². The molecule has 0 fully saturated rings. The van der Waals surface area contributed by atoms with E-state index >= 15 is 0 Å². The number of aryl methyl sites for hydroxylation is 3. The summed E-state index contributed by atoms with van der Waals surface area (Å²) in [4.78, 5) is 0. The van der Waals surface area contributed by atoms with Gasteiger partial charge in [-0.05, 0) is 57.4 Å². The number of hydrogen-bond acceptors (Lipinski definition) is 2. The lowest BCUT2D eigenvalue weighted by Gasteiger charge is -2.22. The van der Waals surface area contributed by atoms with Gasteiger partial charge in [-0.25, -0.2) is 0 Å². The average molecular weight is 271 g/mol. The highest BCUT2D eigenvalue weighted by Gasteiger charge is 2.12. The van der Waals surface area contributed by atoms with E-state index in [4.69, 9.17) is 4.42 Å². The standard InChI is InChI=1S/C18H25NO/c1-13-7-8-14(2)18(12-13)16(4)19-15(3)9-10-17-6-5-11-20-17/h5-8,11-12,15-16,19H,9-10H2,1-4H3. The lowest BCUT2D eigenvalue weighted by molar-refractivity contribution is 0.430. The zero-order valence-corrected chi connectivity index (χ0v) is 12.9. The highest BCUT2D eigenvalue weighted by molar-refractivity contribution is 5.32. The first-order valence-electron chi connectivity index (χ1n) is 7.42. The van der Waals surface area contributed by atoms with Gasteiger partial charge in [0.15, 0.2) is 0 Å². The van der Waals surface area contributed by atoms with Gasteiger partial charge in [-0.3, -0.25) is 0 Å². The zero-order valence-electron chi connectivity index (χ0n) is 12.9. The molecule has 0 saturated heterocycles. The third kappa shape index (κ3) is 3.97. The minimum Gasteiger partial charge on any atom is -0.469 e. The maximum Gasteiger partial charge on any atom is 0.103 e. The average Bonchev–Trinajstić information content (AvgIpc) is 2.92. The molecule has 108 valence electrons. The minimum absolute atomic E-state index is 0.376. The van der Waals surface area contributed by atoms with Gasteiger partial charge in [-0.15, -0.1) is 0 Å². The van der Waals surface area contributed by atoms with Crippen LogP contribution in [-0.2, 0) is 6.42 Å². The van der Waals surface area contributed by atoms with Crippen LogP contribution in [0.1, 0.15) is 48.8 Å². The van der Waals surface area contributed by atoms with E-state index in [1.165, 1.54) is 16.7 Å². The van der Waals surface area contributed by atoms with Crippen molar-refractivity contribution in [2.75, 3.05) is 0 Å². The molecule has 1 heterocycles. The van der Waals surface area contributed by atoms with Crippen LogP contribution in [0, 0.1) is 13.8 Å². The van der Waals surface area contributed by atoms with Crippen LogP contribution >= 0.6 is 0 Å². The molecule has 1 aromatic carbocycles. The second-order valence-corrected chi connectivity index (χ2v) is 5.77. The summed E-state index contributed by atoms with van der Waals surface area (Å²) in [6, 6.07) is 11.5. The molecule has 0 bridgehead atoms. The minimum atomic E-state index is 0.376. The molecule has 0 spiro atoms. The van der Waals surface area contributed by atoms with Gasteiger partial charge in [0.05, 0.1) is 6.26 Å². The Balaban J connectivity index is 1.89. The van der Waals surface area contributed by atoms with Gasteiger partial charge in [0.1, 0.15) is 5.76 Å². The Kier molecular flexibility index (Phi) is 5.02. The van der Waals surface area contributed by atoms with Crippen molar-refractivity contribution in [2.45, 2.75) is 52.6 Å². The van der Waals surface area contributed by atoms with Crippen LogP contribution in [0.3, 0.4) is 0 Å². The summed E-state index contributed by atoms with van der Waals surface area (Å²) in [5.41, 5.74) is 4.08. The molecule has 2 unspecified atom stereocenters. The van der Waals surface area contributed by atoms with E-state index in [9.17, 15) is 0 Å². The Morgan fingerprint density at radius 3 is 2.65 bits per heavy atom. The summed E-state index contributed by atoms with van der Waals surface area (Å²) in [5, 5.41) is 3.68. The molecule has 0 saturated carbocycles. The number of nitrogens with one attached hydrogen (secondary N) is 1. The summed E-state index contributed by atoms with van der Waals surface area (Å²) in [6.45, 7) is 8.81. The molecule has 2 rings (SSSR count). The highest BCUT2D eigenvalue weighted by Crippen LogP contribution is 2.20. The van der Waals surface area contributed by atoms with Crippen molar-refractivity contribution in [3.63, 3.8) is 0 Å². The molecule has 2 aromatic rings. The normalized spacial score (nSPS) is 14.2. The topological polar surface area (TPSA) is 25.2 Å². The molecule has 2 heteroatoms. The molecule has 2 nitrogen and oxygen atoms in total. The van der Waals surface area contributed by atoms with Crippen LogP contribution in [0.5, 0.6) is 0 Å². The molecule has 2 atom stereocenters. The maximum absolute atomic E-state index is 5.38. The number of benzene rings is 1. The van der Waals surface area contributed by atoms with Crippen LogP contribution in [0.25, 0.3) is 0 Å². The van der Waals surface area contributed by atoms with Gasteiger partial charge in [0.25, 0.3) is 0 Å². The van der Waals surface area contributed by atoms with Crippen molar-refractivity contribution in [1.29, 1.82) is 0 Å². The first kappa shape index (κ1) is 14.9. The monoisotopic (exact) mass is 271 g/mol. The Hall–Kier alpha value is -1.54. The van der Waals surface area contributed by atoms with Gasteiger partial charge < -0.3 is 9.73 Å². The lowest BCUT2D eigenvalue weighted by atomic mass is 9.99. The van der Waals surface area contributed by atoms with Gasteiger partial charge in [-0.2, -0.15) is 0 Å². The Morgan fingerprint density at radius 2 is 1.95 bits per heavy atom. The second-order valence-electron chi connectivity index (χ2n) is 5.77. The molecular formula is C18H25NO. The number of hydrogen-bond donors (Lipinski definition) is 1. The van der Waals surface area contributed by atoms with E-state index in [1.54, 1.807) is 6.26 Å². The lowest BCUT2D eigenvalue weighted by Crippen LogP contribution is -2.29. The SMILES string of the molecule is Cc1ccc(C)c(C(C)NC(C)CCc2ccco2)c1. The van der Waals surface area contributed by atoms with Crippen molar-refractivity contribution in [2.24, 2.45) is 0 Å². The first-order chi connectivity index (χ1) is 9.56. The maximum atomic E-state index is 5.38. The van der Waals surface area contributed by atoms with Gasteiger partial charge in [-0.1, -0.05) is 23.8 Å². The van der Waals surface area contributed by atoms with Crippen molar-refractivity contribution in [1.82, 2.24) is 5.32 Å². The highest BCUT2D eigenvalue weighted by atomic mass is 16.3. The van der Waals surface area contributed by atoms with Gasteiger partial charge >= 0.3 is 0 Å². The fourth-order valence-corrected chi connectivity index (χ4v) is 2.64. The third-order valence-corrected chi connectivity index (χ3v) is 3.84. The van der Waals surface area contributed by atoms with E-state index in [-0.39, 0.29) is 0 Å². The number of furan rings is 1. The molecule has 1 aromatic heterocycles. The van der Waals surface area contributed by atoms with Crippen LogP contribution in [-0.4, -0.2) is 6.04 Å². The fourth-order valence-electron chi connectivity index (χ4n) is 2.64. The Labute approximate surface area is 122 Å². The molecule has 0 radical (unpaired) electrons. The molecule has 20 heavy (non-hydrogen) atoms. The van der Waals surface area contributed by atoms with Crippen LogP contribution in [0.4, 0.5) is 0 Å². The summed E-state index contributed by atoms with van der Waals surface area (Å²) >= 11 is 0. The molecule has 0 amide bonds. The van der Waals surface area contributed by atoms with Crippen molar-refractivity contribution in [3.05, 3.63) is 59.0 Å². The summed E-state index contributed by atoms with van der Waals surface area (Å²) in [5.74, 6) is 1.07. The smallest absolute Gasteiger partial charge is 0.103 e. The summed E-state index contributed by atoms with van der Waals surface area (Å²) in [7, 11) is 0. The van der Waals surface area contributed by atoms with Gasteiger partial charge in [0, 0.05) is 18.5 Å². The van der Waals surface area contributed by atoms with E-state index in [0.29, 0.717) is 12.1 Å². The van der Waals surface area contributed by atoms with Gasteiger partial charge in [0.2, 0.25) is 0 Å². The van der Waals surface area contributed by atoms with E-state index < -0.39 is 0 Å². The summed E-state index contributed by atoms with van der Waals surface area (Å²) < 4.78 is 5.38. The van der Waals surface area contributed by atoms with E-state index in [0.717, 1.165) is 18.6 Å². The molecule has 0 aliphatic carbocycles. The molecule has 0 aliphatic rings. The van der Waals surface area contributed by atoms with E-state index in [2.05, 4.69) is 51.2 Å².